The summed E-state index contributed by atoms with van der Waals surface area (Å²) >= 11 is 0. The highest BCUT2D eigenvalue weighted by Gasteiger charge is 2.37. The molecule has 0 bridgehead atoms. The van der Waals surface area contributed by atoms with Crippen molar-refractivity contribution >= 4 is 5.97 Å². The first kappa shape index (κ1) is 21.3. The molecule has 3 rings (SSSR count). The first-order valence-electron chi connectivity index (χ1n) is 9.56. The molecular weight excluding hydrogens is 388 g/mol. The van der Waals surface area contributed by atoms with Crippen molar-refractivity contribution < 1.29 is 29.2 Å². The molecule has 0 fully saturated rings. The molecule has 2 unspecified atom stereocenters. The van der Waals surface area contributed by atoms with E-state index in [0.29, 0.717) is 22.6 Å². The molecule has 8 heteroatoms. The van der Waals surface area contributed by atoms with Crippen LogP contribution in [0.25, 0.3) is 0 Å². The molecule has 5 N–H and O–H groups in total. The Morgan fingerprint density at radius 3 is 2.20 bits per heavy atom. The number of phenols is 2. The topological polar surface area (TPSA) is 123 Å². The number of rotatable bonds is 6. The number of esters is 1. The summed E-state index contributed by atoms with van der Waals surface area (Å²) in [5.74, 6) is -0.0969. The number of hydrogen-bond acceptors (Lipinski definition) is 8. The third-order valence-corrected chi connectivity index (χ3v) is 5.11. The summed E-state index contributed by atoms with van der Waals surface area (Å²) in [7, 11) is 2.91. The van der Waals surface area contributed by atoms with Crippen molar-refractivity contribution in [2.24, 2.45) is 5.73 Å². The normalized spacial score (nSPS) is 18.8. The molecule has 0 radical (unpaired) electrons. The number of aromatic hydroxyl groups is 2. The Balaban J connectivity index is 2.12. The SMILES string of the molecule is CCOC(=O)C1=C(N)CC(c2cccc(OC)c2O)NC1c1cccc(OC)c1O. The van der Waals surface area contributed by atoms with E-state index in [1.165, 1.54) is 14.2 Å². The Labute approximate surface area is 174 Å². The van der Waals surface area contributed by atoms with E-state index in [1.54, 1.807) is 43.3 Å². The summed E-state index contributed by atoms with van der Waals surface area (Å²) in [4.78, 5) is 12.7. The Morgan fingerprint density at radius 2 is 1.63 bits per heavy atom. The van der Waals surface area contributed by atoms with Gasteiger partial charge in [-0.3, -0.25) is 5.32 Å². The summed E-state index contributed by atoms with van der Waals surface area (Å²) in [6.07, 6.45) is 0.260. The maximum Gasteiger partial charge on any atom is 0.337 e. The maximum absolute atomic E-state index is 12.7. The van der Waals surface area contributed by atoms with Crippen molar-refractivity contribution in [1.29, 1.82) is 0 Å². The van der Waals surface area contributed by atoms with Crippen LogP contribution in [0, 0.1) is 0 Å². The number of carbonyl (C=O) groups is 1. The zero-order valence-corrected chi connectivity index (χ0v) is 17.1. The molecule has 0 saturated carbocycles. The average Bonchev–Trinajstić information content (AvgIpc) is 2.73. The number of benzene rings is 2. The van der Waals surface area contributed by atoms with E-state index in [-0.39, 0.29) is 35.8 Å². The lowest BCUT2D eigenvalue weighted by molar-refractivity contribution is -0.139. The molecule has 0 saturated heterocycles. The summed E-state index contributed by atoms with van der Waals surface area (Å²) in [5, 5.41) is 24.6. The van der Waals surface area contributed by atoms with Gasteiger partial charge in [0.2, 0.25) is 0 Å². The molecular formula is C22H26N2O6. The van der Waals surface area contributed by atoms with Crippen LogP contribution >= 0.6 is 0 Å². The summed E-state index contributed by atoms with van der Waals surface area (Å²) < 4.78 is 15.6. The Hall–Kier alpha value is -3.39. The predicted molar refractivity (Wildman–Crippen MR) is 110 cm³/mol. The number of carbonyl (C=O) groups excluding carboxylic acids is 1. The number of methoxy groups -OCH3 is 2. The predicted octanol–water partition coefficient (Wildman–Crippen LogP) is 2.67. The van der Waals surface area contributed by atoms with Gasteiger partial charge in [-0.25, -0.2) is 4.79 Å². The van der Waals surface area contributed by atoms with Gasteiger partial charge in [0, 0.05) is 29.3 Å². The second kappa shape index (κ2) is 8.96. The minimum Gasteiger partial charge on any atom is -0.504 e. The van der Waals surface area contributed by atoms with E-state index in [1.807, 2.05) is 0 Å². The number of nitrogens with two attached hydrogens (primary N) is 1. The fourth-order valence-electron chi connectivity index (χ4n) is 3.68. The molecule has 8 nitrogen and oxygen atoms in total. The third-order valence-electron chi connectivity index (χ3n) is 5.11. The van der Waals surface area contributed by atoms with Crippen LogP contribution in [-0.4, -0.2) is 37.0 Å². The minimum atomic E-state index is -0.775. The molecule has 2 atom stereocenters. The van der Waals surface area contributed by atoms with Crippen LogP contribution in [0.4, 0.5) is 0 Å². The molecule has 160 valence electrons. The zero-order chi connectivity index (χ0) is 21.8. The second-order valence-electron chi connectivity index (χ2n) is 6.81. The molecule has 0 aliphatic carbocycles. The van der Waals surface area contributed by atoms with Gasteiger partial charge in [0.25, 0.3) is 0 Å². The van der Waals surface area contributed by atoms with Crippen LogP contribution in [0.3, 0.4) is 0 Å². The van der Waals surface area contributed by atoms with Crippen molar-refractivity contribution in [2.75, 3.05) is 20.8 Å². The van der Waals surface area contributed by atoms with Crippen molar-refractivity contribution in [3.8, 4) is 23.0 Å². The standard InChI is InChI=1S/C22H26N2O6/c1-4-30-22(27)18-14(23)11-15(12-7-5-9-16(28-2)20(12)25)24-19(18)13-8-6-10-17(29-3)21(13)26/h5-10,15,19,24-26H,4,11,23H2,1-3H3. The van der Waals surface area contributed by atoms with Crippen LogP contribution in [0.5, 0.6) is 23.0 Å². The van der Waals surface area contributed by atoms with Gasteiger partial charge >= 0.3 is 5.97 Å². The van der Waals surface area contributed by atoms with Crippen LogP contribution < -0.4 is 20.5 Å². The molecule has 0 aromatic heterocycles. The molecule has 30 heavy (non-hydrogen) atoms. The van der Waals surface area contributed by atoms with Crippen LogP contribution in [-0.2, 0) is 9.53 Å². The minimum absolute atomic E-state index is 0.0153. The van der Waals surface area contributed by atoms with Crippen molar-refractivity contribution in [3.05, 3.63) is 58.8 Å². The summed E-state index contributed by atoms with van der Waals surface area (Å²) in [6, 6.07) is 8.95. The second-order valence-corrected chi connectivity index (χ2v) is 6.81. The van der Waals surface area contributed by atoms with E-state index in [0.717, 1.165) is 0 Å². The molecule has 1 aliphatic heterocycles. The lowest BCUT2D eigenvalue weighted by atomic mass is 9.86. The number of phenolic OH excluding ortho intramolecular Hbond substituents is 2. The van der Waals surface area contributed by atoms with Gasteiger partial charge < -0.3 is 30.2 Å². The number of ether oxygens (including phenoxy) is 3. The first-order valence-corrected chi connectivity index (χ1v) is 9.56. The van der Waals surface area contributed by atoms with Crippen LogP contribution in [0.15, 0.2) is 47.7 Å². The molecule has 0 spiro atoms. The summed E-state index contributed by atoms with van der Waals surface area (Å²) in [6.45, 7) is 1.90. The van der Waals surface area contributed by atoms with Gasteiger partial charge in [-0.15, -0.1) is 0 Å². The van der Waals surface area contributed by atoms with Gasteiger partial charge in [-0.2, -0.15) is 0 Å². The monoisotopic (exact) mass is 414 g/mol. The number of hydrogen-bond donors (Lipinski definition) is 4. The van der Waals surface area contributed by atoms with E-state index >= 15 is 0 Å². The van der Waals surface area contributed by atoms with E-state index in [4.69, 9.17) is 19.9 Å². The molecule has 2 aromatic carbocycles. The van der Waals surface area contributed by atoms with E-state index in [9.17, 15) is 15.0 Å². The van der Waals surface area contributed by atoms with Gasteiger partial charge in [0.1, 0.15) is 0 Å². The van der Waals surface area contributed by atoms with Crippen molar-refractivity contribution in [3.63, 3.8) is 0 Å². The third kappa shape index (κ3) is 3.86. The lowest BCUT2D eigenvalue weighted by Gasteiger charge is -2.34. The Morgan fingerprint density at radius 1 is 1.07 bits per heavy atom. The smallest absolute Gasteiger partial charge is 0.337 e. The highest BCUT2D eigenvalue weighted by atomic mass is 16.5. The highest BCUT2D eigenvalue weighted by Crippen LogP contribution is 2.44. The van der Waals surface area contributed by atoms with Gasteiger partial charge in [-0.1, -0.05) is 24.3 Å². The lowest BCUT2D eigenvalue weighted by Crippen LogP contribution is -2.38. The number of nitrogens with one attached hydrogen (secondary N) is 1. The fraction of sp³-hybridized carbons (Fsp3) is 0.318. The maximum atomic E-state index is 12.7. The first-order chi connectivity index (χ1) is 14.4. The molecule has 2 aromatic rings. The number of para-hydroxylation sites is 2. The molecule has 1 heterocycles. The fourth-order valence-corrected chi connectivity index (χ4v) is 3.68. The van der Waals surface area contributed by atoms with Crippen LogP contribution in [0.1, 0.15) is 36.6 Å². The van der Waals surface area contributed by atoms with Crippen LogP contribution in [0.2, 0.25) is 0 Å². The summed E-state index contributed by atoms with van der Waals surface area (Å²) in [5.41, 5.74) is 7.83. The highest BCUT2D eigenvalue weighted by molar-refractivity contribution is 5.91. The Kier molecular flexibility index (Phi) is 6.37. The van der Waals surface area contributed by atoms with Gasteiger partial charge in [-0.05, 0) is 19.1 Å². The average molecular weight is 414 g/mol. The quantitative estimate of drug-likeness (QED) is 0.532. The molecule has 0 amide bonds. The molecule has 1 aliphatic rings. The van der Waals surface area contributed by atoms with Gasteiger partial charge in [0.05, 0.1) is 32.4 Å². The van der Waals surface area contributed by atoms with E-state index in [2.05, 4.69) is 5.32 Å². The van der Waals surface area contributed by atoms with E-state index < -0.39 is 18.1 Å². The van der Waals surface area contributed by atoms with Crippen molar-refractivity contribution in [2.45, 2.75) is 25.4 Å². The van der Waals surface area contributed by atoms with Gasteiger partial charge in [0.15, 0.2) is 23.0 Å². The van der Waals surface area contributed by atoms with Crippen molar-refractivity contribution in [1.82, 2.24) is 5.32 Å². The largest absolute Gasteiger partial charge is 0.504 e. The zero-order valence-electron chi connectivity index (χ0n) is 17.1. The Bertz CT molecular complexity index is 972.